The Morgan fingerprint density at radius 3 is 2.54 bits per heavy atom. The summed E-state index contributed by atoms with van der Waals surface area (Å²) in [6.45, 7) is 5.80. The minimum Gasteiger partial charge on any atom is -0.257 e. The van der Waals surface area contributed by atoms with Crippen molar-refractivity contribution in [1.82, 2.24) is 0 Å². The molecule has 0 spiro atoms. The van der Waals surface area contributed by atoms with Crippen LogP contribution in [0.4, 0.5) is 5.69 Å². The largest absolute Gasteiger partial charge is 0.257 e. The fourth-order valence-electron chi connectivity index (χ4n) is 1.05. The van der Waals surface area contributed by atoms with Gasteiger partial charge in [0.1, 0.15) is 0 Å². The van der Waals surface area contributed by atoms with E-state index in [0.717, 1.165) is 17.0 Å². The monoisotopic (exact) mass is 171 g/mol. The van der Waals surface area contributed by atoms with Crippen molar-refractivity contribution in [3.63, 3.8) is 0 Å². The van der Waals surface area contributed by atoms with Crippen LogP contribution in [-0.2, 0) is 0 Å². The van der Waals surface area contributed by atoms with Crippen LogP contribution in [-0.4, -0.2) is 5.71 Å². The van der Waals surface area contributed by atoms with Gasteiger partial charge in [0.05, 0.1) is 11.3 Å². The van der Waals surface area contributed by atoms with E-state index in [1.54, 1.807) is 0 Å². The maximum atomic E-state index is 4.39. The van der Waals surface area contributed by atoms with E-state index in [-0.39, 0.29) is 0 Å². The second kappa shape index (κ2) is 4.47. The Bertz CT molecular complexity index is 374. The van der Waals surface area contributed by atoms with Crippen molar-refractivity contribution >= 4 is 11.4 Å². The first-order chi connectivity index (χ1) is 6.24. The summed E-state index contributed by atoms with van der Waals surface area (Å²) in [4.78, 5) is 4.39. The van der Waals surface area contributed by atoms with Gasteiger partial charge < -0.3 is 0 Å². The summed E-state index contributed by atoms with van der Waals surface area (Å²) in [6, 6.07) is 7.91. The molecular weight excluding hydrogens is 158 g/mol. The van der Waals surface area contributed by atoms with Crippen LogP contribution in [0.5, 0.6) is 0 Å². The first-order valence-electron chi connectivity index (χ1n) is 4.27. The lowest BCUT2D eigenvalue weighted by Gasteiger charge is -1.97. The standard InChI is InChI=1S/C12H13N/c1-4-7-11-8-5-6-9-12(11)13-10(2)3/h5-6,8-9H,1-3H3. The molecule has 1 aromatic rings. The zero-order valence-corrected chi connectivity index (χ0v) is 8.26. The van der Waals surface area contributed by atoms with Crippen LogP contribution in [0.2, 0.25) is 0 Å². The topological polar surface area (TPSA) is 12.4 Å². The highest BCUT2D eigenvalue weighted by atomic mass is 14.7. The molecule has 0 bridgehead atoms. The van der Waals surface area contributed by atoms with Crippen molar-refractivity contribution in [2.24, 2.45) is 4.99 Å². The van der Waals surface area contributed by atoms with Crippen LogP contribution >= 0.6 is 0 Å². The average molecular weight is 171 g/mol. The molecule has 0 unspecified atom stereocenters. The molecule has 1 rings (SSSR count). The van der Waals surface area contributed by atoms with E-state index in [0.29, 0.717) is 0 Å². The average Bonchev–Trinajstić information content (AvgIpc) is 2.08. The predicted molar refractivity (Wildman–Crippen MR) is 57.4 cm³/mol. The number of hydrogen-bond acceptors (Lipinski definition) is 1. The van der Waals surface area contributed by atoms with Crippen LogP contribution in [0.1, 0.15) is 26.3 Å². The minimum atomic E-state index is 0.955. The van der Waals surface area contributed by atoms with Gasteiger partial charge in [-0.2, -0.15) is 0 Å². The summed E-state index contributed by atoms with van der Waals surface area (Å²) in [7, 11) is 0. The minimum absolute atomic E-state index is 0.955. The summed E-state index contributed by atoms with van der Waals surface area (Å²) in [5, 5.41) is 0. The van der Waals surface area contributed by atoms with Gasteiger partial charge >= 0.3 is 0 Å². The Balaban J connectivity index is 3.17. The Morgan fingerprint density at radius 1 is 1.23 bits per heavy atom. The molecule has 0 fully saturated rings. The molecule has 0 aliphatic carbocycles. The lowest BCUT2D eigenvalue weighted by Crippen LogP contribution is -1.81. The third kappa shape index (κ3) is 2.76. The van der Waals surface area contributed by atoms with Crippen molar-refractivity contribution in [2.45, 2.75) is 20.8 Å². The molecule has 66 valence electrons. The van der Waals surface area contributed by atoms with Gasteiger partial charge in [0.15, 0.2) is 0 Å². The number of nitrogens with zero attached hydrogens (tertiary/aromatic N) is 1. The molecule has 0 atom stereocenters. The highest BCUT2D eigenvalue weighted by molar-refractivity contribution is 5.82. The molecule has 1 heteroatoms. The molecule has 1 nitrogen and oxygen atoms in total. The van der Waals surface area contributed by atoms with Crippen molar-refractivity contribution in [3.05, 3.63) is 29.8 Å². The Morgan fingerprint density at radius 2 is 1.92 bits per heavy atom. The fourth-order valence-corrected chi connectivity index (χ4v) is 1.05. The van der Waals surface area contributed by atoms with Gasteiger partial charge in [0, 0.05) is 5.71 Å². The molecule has 0 amide bonds. The van der Waals surface area contributed by atoms with Crippen LogP contribution < -0.4 is 0 Å². The van der Waals surface area contributed by atoms with Crippen LogP contribution in [0.15, 0.2) is 29.3 Å². The van der Waals surface area contributed by atoms with E-state index < -0.39 is 0 Å². The molecule has 0 aromatic heterocycles. The first-order valence-corrected chi connectivity index (χ1v) is 4.27. The maximum absolute atomic E-state index is 4.39. The van der Waals surface area contributed by atoms with E-state index in [1.807, 2.05) is 45.0 Å². The smallest absolute Gasteiger partial charge is 0.0785 e. The lowest BCUT2D eigenvalue weighted by atomic mass is 10.2. The Hall–Kier alpha value is -1.55. The van der Waals surface area contributed by atoms with Gasteiger partial charge in [0.2, 0.25) is 0 Å². The van der Waals surface area contributed by atoms with E-state index in [2.05, 4.69) is 16.8 Å². The predicted octanol–water partition coefficient (Wildman–Crippen LogP) is 3.17. The molecule has 1 aromatic carbocycles. The third-order valence-electron chi connectivity index (χ3n) is 1.51. The molecule has 0 N–H and O–H groups in total. The van der Waals surface area contributed by atoms with Gasteiger partial charge in [-0.3, -0.25) is 4.99 Å². The van der Waals surface area contributed by atoms with Gasteiger partial charge in [-0.1, -0.05) is 18.1 Å². The number of benzene rings is 1. The van der Waals surface area contributed by atoms with Crippen molar-refractivity contribution in [2.75, 3.05) is 0 Å². The van der Waals surface area contributed by atoms with E-state index >= 15 is 0 Å². The van der Waals surface area contributed by atoms with E-state index in [9.17, 15) is 0 Å². The number of aliphatic imine (C=N–C) groups is 1. The maximum Gasteiger partial charge on any atom is 0.0785 e. The number of para-hydroxylation sites is 1. The van der Waals surface area contributed by atoms with Gasteiger partial charge in [-0.05, 0) is 32.9 Å². The molecule has 0 heterocycles. The summed E-state index contributed by atoms with van der Waals surface area (Å²) in [6.07, 6.45) is 0. The first kappa shape index (κ1) is 9.54. The molecule has 0 saturated heterocycles. The normalized spacial score (nSPS) is 8.54. The van der Waals surface area contributed by atoms with Crippen LogP contribution in [0.3, 0.4) is 0 Å². The fraction of sp³-hybridized carbons (Fsp3) is 0.250. The molecule has 0 aliphatic rings. The zero-order chi connectivity index (χ0) is 9.68. The summed E-state index contributed by atoms with van der Waals surface area (Å²) in [5.41, 5.74) is 2.99. The molecular formula is C12H13N. The second-order valence-electron chi connectivity index (χ2n) is 2.95. The van der Waals surface area contributed by atoms with E-state index in [1.165, 1.54) is 0 Å². The Labute approximate surface area is 79.5 Å². The second-order valence-corrected chi connectivity index (χ2v) is 2.95. The molecule has 13 heavy (non-hydrogen) atoms. The zero-order valence-electron chi connectivity index (χ0n) is 8.26. The lowest BCUT2D eigenvalue weighted by molar-refractivity contribution is 1.45. The van der Waals surface area contributed by atoms with Crippen molar-refractivity contribution < 1.29 is 0 Å². The molecule has 0 radical (unpaired) electrons. The molecule has 0 aliphatic heterocycles. The summed E-state index contributed by atoms with van der Waals surface area (Å²) in [5.74, 6) is 5.90. The summed E-state index contributed by atoms with van der Waals surface area (Å²) < 4.78 is 0. The highest BCUT2D eigenvalue weighted by Crippen LogP contribution is 2.17. The van der Waals surface area contributed by atoms with Gasteiger partial charge in [-0.15, -0.1) is 5.92 Å². The molecule has 0 saturated carbocycles. The Kier molecular flexibility index (Phi) is 3.28. The number of rotatable bonds is 1. The van der Waals surface area contributed by atoms with Gasteiger partial charge in [-0.25, -0.2) is 0 Å². The highest BCUT2D eigenvalue weighted by Gasteiger charge is 1.94. The quantitative estimate of drug-likeness (QED) is 0.454. The van der Waals surface area contributed by atoms with Crippen LogP contribution in [0, 0.1) is 11.8 Å². The van der Waals surface area contributed by atoms with E-state index in [4.69, 9.17) is 0 Å². The van der Waals surface area contributed by atoms with Crippen LogP contribution in [0.25, 0.3) is 0 Å². The SMILES string of the molecule is CC#Cc1ccccc1N=C(C)C. The summed E-state index contributed by atoms with van der Waals surface area (Å²) >= 11 is 0. The van der Waals surface area contributed by atoms with Crippen molar-refractivity contribution in [1.29, 1.82) is 0 Å². The third-order valence-corrected chi connectivity index (χ3v) is 1.51. The van der Waals surface area contributed by atoms with Gasteiger partial charge in [0.25, 0.3) is 0 Å². The van der Waals surface area contributed by atoms with Crippen molar-refractivity contribution in [3.8, 4) is 11.8 Å². The number of hydrogen-bond donors (Lipinski definition) is 0.